The molecule has 28 heavy (non-hydrogen) atoms. The van der Waals surface area contributed by atoms with E-state index < -0.39 is 11.2 Å². The van der Waals surface area contributed by atoms with Gasteiger partial charge in [0.25, 0.3) is 5.56 Å². The molecule has 4 aromatic rings. The van der Waals surface area contributed by atoms with Gasteiger partial charge < -0.3 is 14.5 Å². The molecule has 0 saturated heterocycles. The van der Waals surface area contributed by atoms with Crippen molar-refractivity contribution in [3.63, 3.8) is 0 Å². The molecule has 7 nitrogen and oxygen atoms in total. The van der Waals surface area contributed by atoms with Crippen LogP contribution in [0.5, 0.6) is 5.75 Å². The molecule has 7 heteroatoms. The molecule has 1 aliphatic rings. The minimum absolute atomic E-state index is 0.0238. The number of furan rings is 1. The third kappa shape index (κ3) is 2.47. The van der Waals surface area contributed by atoms with Gasteiger partial charge in [0.1, 0.15) is 17.1 Å². The molecule has 1 aliphatic carbocycles. The Morgan fingerprint density at radius 2 is 1.93 bits per heavy atom. The number of benzene rings is 2. The molecule has 0 radical (unpaired) electrons. The molecule has 0 aliphatic heterocycles. The van der Waals surface area contributed by atoms with Crippen LogP contribution in [0.2, 0.25) is 0 Å². The molecule has 0 fully saturated rings. The first-order valence-electron chi connectivity index (χ1n) is 9.18. The van der Waals surface area contributed by atoms with Crippen LogP contribution in [0, 0.1) is 0 Å². The number of rotatable bonds is 2. The van der Waals surface area contributed by atoms with Crippen LogP contribution in [0.15, 0.2) is 55.5 Å². The highest BCUT2D eigenvalue weighted by Crippen LogP contribution is 2.36. The molecule has 140 valence electrons. The number of aryl methyl sites for hydroxylation is 2. The fraction of sp³-hybridized carbons (Fsp3) is 0.190. The molecule has 5 rings (SSSR count). The lowest BCUT2D eigenvalue weighted by atomic mass is 9.94. The Balaban J connectivity index is 1.71. The summed E-state index contributed by atoms with van der Waals surface area (Å²) in [6.07, 6.45) is 5.21. The summed E-state index contributed by atoms with van der Waals surface area (Å²) in [5, 5.41) is 15.7. The van der Waals surface area contributed by atoms with Crippen molar-refractivity contribution in [3.8, 4) is 5.75 Å². The molecule has 0 saturated carbocycles. The zero-order valence-electron chi connectivity index (χ0n) is 14.9. The van der Waals surface area contributed by atoms with Crippen LogP contribution in [-0.4, -0.2) is 21.0 Å². The summed E-state index contributed by atoms with van der Waals surface area (Å²) in [5.74, 6) is 0.956. The lowest BCUT2D eigenvalue weighted by Gasteiger charge is -2.09. The normalized spacial score (nSPS) is 14.1. The van der Waals surface area contributed by atoms with Crippen molar-refractivity contribution in [3.05, 3.63) is 74.1 Å². The molecule has 0 unspecified atom stereocenters. The van der Waals surface area contributed by atoms with Crippen LogP contribution < -0.4 is 11.2 Å². The van der Waals surface area contributed by atoms with Crippen LogP contribution in [0.3, 0.4) is 0 Å². The average Bonchev–Trinajstić information content (AvgIpc) is 3.08. The van der Waals surface area contributed by atoms with Gasteiger partial charge in [-0.25, -0.2) is 4.79 Å². The number of nitrogens with zero attached hydrogens (tertiary/aromatic N) is 2. The highest BCUT2D eigenvalue weighted by Gasteiger charge is 2.21. The summed E-state index contributed by atoms with van der Waals surface area (Å²) in [5.41, 5.74) is 1.49. The highest BCUT2D eigenvalue weighted by molar-refractivity contribution is 6.03. The Hall–Kier alpha value is -3.61. The largest absolute Gasteiger partial charge is 0.507 e. The van der Waals surface area contributed by atoms with Crippen molar-refractivity contribution >= 4 is 28.1 Å². The van der Waals surface area contributed by atoms with Gasteiger partial charge in [-0.15, -0.1) is 4.68 Å². The van der Waals surface area contributed by atoms with Gasteiger partial charge in [-0.1, -0.05) is 12.1 Å². The number of para-hydroxylation sites is 1. The quantitative estimate of drug-likeness (QED) is 0.526. The molecule has 2 aromatic heterocycles. The van der Waals surface area contributed by atoms with Crippen LogP contribution in [-0.2, 0) is 12.8 Å². The second-order valence-corrected chi connectivity index (χ2v) is 6.92. The Morgan fingerprint density at radius 3 is 2.82 bits per heavy atom. The summed E-state index contributed by atoms with van der Waals surface area (Å²) >= 11 is 0. The maximum absolute atomic E-state index is 12.6. The van der Waals surface area contributed by atoms with E-state index in [-0.39, 0.29) is 5.75 Å². The number of aromatic hydroxyl groups is 1. The number of aromatic amines is 1. The first-order valence-corrected chi connectivity index (χ1v) is 9.18. The van der Waals surface area contributed by atoms with Crippen molar-refractivity contribution in [2.24, 2.45) is 5.10 Å². The Kier molecular flexibility index (Phi) is 3.68. The highest BCUT2D eigenvalue weighted by atomic mass is 16.3. The number of phenols is 1. The molecule has 0 amide bonds. The molecule has 2 aromatic carbocycles. The monoisotopic (exact) mass is 375 g/mol. The summed E-state index contributed by atoms with van der Waals surface area (Å²) in [4.78, 5) is 27.6. The number of nitrogens with one attached hydrogen (secondary N) is 1. The second kappa shape index (κ2) is 6.23. The van der Waals surface area contributed by atoms with E-state index in [1.54, 1.807) is 30.3 Å². The van der Waals surface area contributed by atoms with Gasteiger partial charge >= 0.3 is 5.69 Å². The zero-order valence-corrected chi connectivity index (χ0v) is 14.9. The smallest absolute Gasteiger partial charge is 0.349 e. The summed E-state index contributed by atoms with van der Waals surface area (Å²) in [7, 11) is 0. The lowest BCUT2D eigenvalue weighted by molar-refractivity contribution is 0.474. The topological polar surface area (TPSA) is 101 Å². The first kappa shape index (κ1) is 16.6. The van der Waals surface area contributed by atoms with Gasteiger partial charge in [0.15, 0.2) is 0 Å². The second-order valence-electron chi connectivity index (χ2n) is 6.92. The molecule has 0 spiro atoms. The standard InChI is InChI=1S/C21H17N3O4/c25-16-9-10-18-19(13-6-2-4-8-17(13)28-18)14(16)11-22-24-20(26)12-5-1-3-7-15(12)23-21(24)27/h1,3,5,7,9-11,25H,2,4,6,8H2,(H,23,27)/b22-11-. The van der Waals surface area contributed by atoms with E-state index in [2.05, 4.69) is 10.1 Å². The number of aromatic nitrogens is 2. The number of H-pyrrole nitrogens is 1. The predicted molar refractivity (Wildman–Crippen MR) is 106 cm³/mol. The first-order chi connectivity index (χ1) is 13.6. The lowest BCUT2D eigenvalue weighted by Crippen LogP contribution is -2.32. The fourth-order valence-corrected chi connectivity index (χ4v) is 3.88. The van der Waals surface area contributed by atoms with Gasteiger partial charge in [0, 0.05) is 22.9 Å². The Bertz CT molecular complexity index is 1370. The summed E-state index contributed by atoms with van der Waals surface area (Å²) < 4.78 is 6.71. The van der Waals surface area contributed by atoms with E-state index >= 15 is 0 Å². The number of hydrogen-bond acceptors (Lipinski definition) is 5. The van der Waals surface area contributed by atoms with Gasteiger partial charge in [-0.05, 0) is 43.5 Å². The van der Waals surface area contributed by atoms with Crippen molar-refractivity contribution in [1.29, 1.82) is 0 Å². The molecule has 2 heterocycles. The van der Waals surface area contributed by atoms with E-state index in [1.165, 1.54) is 12.3 Å². The van der Waals surface area contributed by atoms with Crippen LogP contribution in [0.4, 0.5) is 0 Å². The van der Waals surface area contributed by atoms with Gasteiger partial charge in [-0.2, -0.15) is 5.10 Å². The van der Waals surface area contributed by atoms with Crippen molar-refractivity contribution < 1.29 is 9.52 Å². The molecule has 0 atom stereocenters. The van der Waals surface area contributed by atoms with Crippen molar-refractivity contribution in [2.45, 2.75) is 25.7 Å². The van der Waals surface area contributed by atoms with E-state index in [0.29, 0.717) is 22.0 Å². The Morgan fingerprint density at radius 1 is 1.11 bits per heavy atom. The summed E-state index contributed by atoms with van der Waals surface area (Å²) in [6, 6.07) is 10.0. The van der Waals surface area contributed by atoms with Gasteiger partial charge in [-0.3, -0.25) is 4.79 Å². The van der Waals surface area contributed by atoms with Gasteiger partial charge in [0.2, 0.25) is 0 Å². The van der Waals surface area contributed by atoms with Crippen LogP contribution >= 0.6 is 0 Å². The third-order valence-corrected chi connectivity index (χ3v) is 5.22. The van der Waals surface area contributed by atoms with Crippen molar-refractivity contribution in [1.82, 2.24) is 9.66 Å². The van der Waals surface area contributed by atoms with Gasteiger partial charge in [0.05, 0.1) is 17.1 Å². The maximum Gasteiger partial charge on any atom is 0.349 e. The molecule has 2 N–H and O–H groups in total. The van der Waals surface area contributed by atoms with E-state index in [4.69, 9.17) is 4.42 Å². The van der Waals surface area contributed by atoms with E-state index in [0.717, 1.165) is 47.1 Å². The predicted octanol–water partition coefficient (Wildman–Crippen LogP) is 2.90. The number of hydrogen-bond donors (Lipinski definition) is 2. The fourth-order valence-electron chi connectivity index (χ4n) is 3.88. The average molecular weight is 375 g/mol. The number of phenolic OH excluding ortho intramolecular Hbond substituents is 1. The minimum Gasteiger partial charge on any atom is -0.507 e. The molecule has 0 bridgehead atoms. The number of fused-ring (bicyclic) bond motifs is 4. The van der Waals surface area contributed by atoms with Crippen LogP contribution in [0.25, 0.3) is 21.9 Å². The van der Waals surface area contributed by atoms with E-state index in [9.17, 15) is 14.7 Å². The molecular weight excluding hydrogens is 358 g/mol. The van der Waals surface area contributed by atoms with E-state index in [1.807, 2.05) is 0 Å². The maximum atomic E-state index is 12.6. The zero-order chi connectivity index (χ0) is 19.3. The van der Waals surface area contributed by atoms with Crippen LogP contribution in [0.1, 0.15) is 29.7 Å². The SMILES string of the molecule is O=c1[nH]c2ccccc2c(=O)n1/N=C\c1c(O)ccc2oc3c(c12)CCCC3. The third-order valence-electron chi connectivity index (χ3n) is 5.22. The summed E-state index contributed by atoms with van der Waals surface area (Å²) in [6.45, 7) is 0. The Labute approximate surface area is 158 Å². The minimum atomic E-state index is -0.638. The molecular formula is C21H17N3O4. The van der Waals surface area contributed by atoms with Crippen molar-refractivity contribution in [2.75, 3.05) is 0 Å².